The van der Waals surface area contributed by atoms with Crippen LogP contribution in [0.3, 0.4) is 0 Å². The van der Waals surface area contributed by atoms with Crippen molar-refractivity contribution in [1.29, 1.82) is 0 Å². The fraction of sp³-hybridized carbons (Fsp3) is 0.471. The van der Waals surface area contributed by atoms with Crippen LogP contribution in [-0.4, -0.2) is 41.6 Å². The number of hydrogen-bond acceptors (Lipinski definition) is 5. The highest BCUT2D eigenvalue weighted by Crippen LogP contribution is 2.42. The zero-order valence-corrected chi connectivity index (χ0v) is 14.0. The lowest BCUT2D eigenvalue weighted by Crippen LogP contribution is -2.39. The number of carbonyl (C=O) groups excluding carboxylic acids is 1. The summed E-state index contributed by atoms with van der Waals surface area (Å²) in [5.41, 5.74) is 12.3. The molecule has 1 fully saturated rings. The molecule has 26 heavy (non-hydrogen) atoms. The molecule has 1 aliphatic heterocycles. The fourth-order valence-electron chi connectivity index (χ4n) is 2.59. The van der Waals surface area contributed by atoms with Gasteiger partial charge in [-0.2, -0.15) is 0 Å². The Bertz CT molecular complexity index is 684. The number of amidine groups is 1. The Balaban J connectivity index is 0.000000228. The summed E-state index contributed by atoms with van der Waals surface area (Å²) >= 11 is 0. The Morgan fingerprint density at radius 3 is 2.27 bits per heavy atom. The molecule has 142 valence electrons. The standard InChI is InChI=1S/C12H15N3O2.C5H6F2O2/c13-11(16)9-4-1-8(2-5-9)3-6-10-7-17-12(14)15-10;6-5(7)1-3(2-5)4(8)9/h1-2,4-5,10H,3,6-7H2,(H2,13,16)(H2,14,15);3H,1-2H2,(H,8,9)/t10-;/m0./s1. The van der Waals surface area contributed by atoms with E-state index in [2.05, 4.69) is 4.99 Å². The summed E-state index contributed by atoms with van der Waals surface area (Å²) in [5.74, 6) is -5.03. The molecule has 2 aliphatic rings. The third-order valence-electron chi connectivity index (χ3n) is 4.18. The van der Waals surface area contributed by atoms with E-state index in [-0.39, 0.29) is 12.1 Å². The molecular formula is C17H21F2N3O4. The molecule has 1 saturated carbocycles. The molecular weight excluding hydrogens is 348 g/mol. The predicted octanol–water partition coefficient (Wildman–Crippen LogP) is 1.55. The Kier molecular flexibility index (Phi) is 6.12. The molecule has 1 aromatic rings. The molecule has 5 N–H and O–H groups in total. The lowest BCUT2D eigenvalue weighted by molar-refractivity contribution is -0.165. The van der Waals surface area contributed by atoms with Gasteiger partial charge in [-0.1, -0.05) is 12.1 Å². The number of aliphatic carboxylic acids is 1. The van der Waals surface area contributed by atoms with E-state index in [1.54, 1.807) is 12.1 Å². The van der Waals surface area contributed by atoms with Gasteiger partial charge in [0.15, 0.2) is 0 Å². The largest absolute Gasteiger partial charge is 0.481 e. The van der Waals surface area contributed by atoms with Crippen LogP contribution in [0.5, 0.6) is 0 Å². The summed E-state index contributed by atoms with van der Waals surface area (Å²) in [5, 5.41) is 8.13. The minimum absolute atomic E-state index is 0.144. The number of rotatable bonds is 5. The molecule has 9 heteroatoms. The number of carboxylic acids is 1. The molecule has 0 saturated heterocycles. The van der Waals surface area contributed by atoms with Crippen molar-refractivity contribution in [2.75, 3.05) is 6.61 Å². The summed E-state index contributed by atoms with van der Waals surface area (Å²) in [7, 11) is 0. The third kappa shape index (κ3) is 5.68. The van der Waals surface area contributed by atoms with Gasteiger partial charge in [0, 0.05) is 18.4 Å². The molecule has 0 spiro atoms. The summed E-state index contributed by atoms with van der Waals surface area (Å²) in [6, 6.07) is 7.71. The molecule has 7 nitrogen and oxygen atoms in total. The van der Waals surface area contributed by atoms with Gasteiger partial charge in [0.25, 0.3) is 6.02 Å². The second kappa shape index (κ2) is 8.11. The number of amides is 1. The number of hydrogen-bond donors (Lipinski definition) is 3. The second-order valence-corrected chi connectivity index (χ2v) is 6.33. The Hall–Kier alpha value is -2.71. The van der Waals surface area contributed by atoms with Crippen LogP contribution < -0.4 is 11.5 Å². The number of primary amides is 1. The highest BCUT2D eigenvalue weighted by Gasteiger charge is 2.48. The first-order valence-electron chi connectivity index (χ1n) is 8.12. The number of benzene rings is 1. The van der Waals surface area contributed by atoms with Crippen molar-refractivity contribution in [2.45, 2.75) is 37.6 Å². The van der Waals surface area contributed by atoms with Crippen molar-refractivity contribution < 1.29 is 28.2 Å². The highest BCUT2D eigenvalue weighted by atomic mass is 19.3. The number of aliphatic imine (C=N–C) groups is 1. The zero-order chi connectivity index (χ0) is 19.3. The van der Waals surface area contributed by atoms with Crippen molar-refractivity contribution in [3.8, 4) is 0 Å². The van der Waals surface area contributed by atoms with E-state index in [0.29, 0.717) is 12.2 Å². The monoisotopic (exact) mass is 369 g/mol. The number of halogens is 2. The lowest BCUT2D eigenvalue weighted by Gasteiger charge is -2.31. The van der Waals surface area contributed by atoms with Crippen LogP contribution in [0.4, 0.5) is 8.78 Å². The van der Waals surface area contributed by atoms with Crippen molar-refractivity contribution in [3.63, 3.8) is 0 Å². The van der Waals surface area contributed by atoms with Crippen molar-refractivity contribution in [2.24, 2.45) is 22.4 Å². The number of alkyl halides is 2. The van der Waals surface area contributed by atoms with Gasteiger partial charge < -0.3 is 21.3 Å². The molecule has 3 rings (SSSR count). The first-order valence-corrected chi connectivity index (χ1v) is 8.12. The van der Waals surface area contributed by atoms with Crippen molar-refractivity contribution >= 4 is 17.9 Å². The number of carboxylic acid groups (broad SMARTS) is 1. The van der Waals surface area contributed by atoms with Crippen molar-refractivity contribution in [3.05, 3.63) is 35.4 Å². The fourth-order valence-corrected chi connectivity index (χ4v) is 2.59. The van der Waals surface area contributed by atoms with E-state index >= 15 is 0 Å². The molecule has 1 atom stereocenters. The van der Waals surface area contributed by atoms with Gasteiger partial charge >= 0.3 is 5.97 Å². The molecule has 1 amide bonds. The minimum Gasteiger partial charge on any atom is -0.481 e. The number of nitrogens with zero attached hydrogens (tertiary/aromatic N) is 1. The van der Waals surface area contributed by atoms with Crippen LogP contribution in [0, 0.1) is 5.92 Å². The molecule has 0 aromatic heterocycles. The highest BCUT2D eigenvalue weighted by molar-refractivity contribution is 5.92. The average molecular weight is 369 g/mol. The van der Waals surface area contributed by atoms with E-state index in [0.717, 1.165) is 18.4 Å². The van der Waals surface area contributed by atoms with Gasteiger partial charge in [0.05, 0.1) is 12.0 Å². The summed E-state index contributed by atoms with van der Waals surface area (Å²) < 4.78 is 28.8. The van der Waals surface area contributed by atoms with E-state index in [1.165, 1.54) is 0 Å². The van der Waals surface area contributed by atoms with Gasteiger partial charge in [-0.3, -0.25) is 9.59 Å². The van der Waals surface area contributed by atoms with Gasteiger partial charge in [0.2, 0.25) is 11.8 Å². The van der Waals surface area contributed by atoms with E-state index in [9.17, 15) is 18.4 Å². The van der Waals surface area contributed by atoms with E-state index in [4.69, 9.17) is 21.3 Å². The average Bonchev–Trinajstić information content (AvgIpc) is 2.97. The normalized spacial score (nSPS) is 20.8. The SMILES string of the molecule is NC(=O)c1ccc(CC[C@H]2COC(N)=N2)cc1.O=C(O)C1CC(F)(F)C1. The third-order valence-corrected chi connectivity index (χ3v) is 4.18. The molecule has 0 radical (unpaired) electrons. The molecule has 1 aliphatic carbocycles. The Labute approximate surface area is 149 Å². The molecule has 1 heterocycles. The quantitative estimate of drug-likeness (QED) is 0.725. The van der Waals surface area contributed by atoms with Gasteiger partial charge in [-0.15, -0.1) is 0 Å². The van der Waals surface area contributed by atoms with Crippen LogP contribution >= 0.6 is 0 Å². The number of nitrogens with two attached hydrogens (primary N) is 2. The van der Waals surface area contributed by atoms with Crippen LogP contribution in [0.25, 0.3) is 0 Å². The van der Waals surface area contributed by atoms with E-state index < -0.39 is 36.6 Å². The van der Waals surface area contributed by atoms with Crippen LogP contribution in [-0.2, 0) is 16.0 Å². The van der Waals surface area contributed by atoms with Crippen LogP contribution in [0.15, 0.2) is 29.3 Å². The molecule has 1 aromatic carbocycles. The zero-order valence-electron chi connectivity index (χ0n) is 14.0. The van der Waals surface area contributed by atoms with Crippen molar-refractivity contribution in [1.82, 2.24) is 0 Å². The molecule has 0 bridgehead atoms. The van der Waals surface area contributed by atoms with Gasteiger partial charge in [-0.05, 0) is 30.5 Å². The predicted molar refractivity (Wildman–Crippen MR) is 90.0 cm³/mol. The maximum absolute atomic E-state index is 11.9. The summed E-state index contributed by atoms with van der Waals surface area (Å²) in [6.07, 6.45) is 0.797. The Morgan fingerprint density at radius 1 is 1.27 bits per heavy atom. The lowest BCUT2D eigenvalue weighted by atomic mass is 9.82. The first-order chi connectivity index (χ1) is 12.2. The summed E-state index contributed by atoms with van der Waals surface area (Å²) in [6.45, 7) is 0.561. The second-order valence-electron chi connectivity index (χ2n) is 6.33. The van der Waals surface area contributed by atoms with Gasteiger partial charge in [0.1, 0.15) is 6.61 Å². The first kappa shape index (κ1) is 19.6. The van der Waals surface area contributed by atoms with Crippen LogP contribution in [0.1, 0.15) is 35.2 Å². The number of carbonyl (C=O) groups is 2. The number of aryl methyl sites for hydroxylation is 1. The minimum atomic E-state index is -2.71. The van der Waals surface area contributed by atoms with Crippen LogP contribution in [0.2, 0.25) is 0 Å². The molecule has 0 unspecified atom stereocenters. The van der Waals surface area contributed by atoms with E-state index in [1.807, 2.05) is 12.1 Å². The number of ether oxygens (including phenoxy) is 1. The smallest absolute Gasteiger partial charge is 0.306 e. The maximum atomic E-state index is 11.9. The Morgan fingerprint density at radius 2 is 1.88 bits per heavy atom. The summed E-state index contributed by atoms with van der Waals surface area (Å²) in [4.78, 5) is 25.0. The maximum Gasteiger partial charge on any atom is 0.306 e. The topological polar surface area (TPSA) is 128 Å². The van der Waals surface area contributed by atoms with Gasteiger partial charge in [-0.25, -0.2) is 13.8 Å².